The van der Waals surface area contributed by atoms with Crippen LogP contribution in [0.5, 0.6) is 0 Å². The van der Waals surface area contributed by atoms with Gasteiger partial charge in [0.1, 0.15) is 12.5 Å². The molecule has 106 valence electrons. The molecule has 3 rings (SSSR count). The molecular formula is C15H12N2O4. The van der Waals surface area contributed by atoms with E-state index >= 15 is 0 Å². The van der Waals surface area contributed by atoms with Crippen molar-refractivity contribution in [2.24, 2.45) is 0 Å². The van der Waals surface area contributed by atoms with Crippen LogP contribution in [-0.4, -0.2) is 22.5 Å². The zero-order chi connectivity index (χ0) is 14.7. The molecule has 0 aliphatic carbocycles. The number of esters is 1. The van der Waals surface area contributed by atoms with E-state index in [2.05, 4.69) is 9.97 Å². The van der Waals surface area contributed by atoms with Crippen LogP contribution in [0.25, 0.3) is 23.0 Å². The highest BCUT2D eigenvalue weighted by atomic mass is 16.5. The normalized spacial score (nSPS) is 10.5. The van der Waals surface area contributed by atoms with Crippen LogP contribution in [-0.2, 0) is 4.74 Å². The highest BCUT2D eigenvalue weighted by Gasteiger charge is 2.17. The Morgan fingerprint density at radius 2 is 1.86 bits per heavy atom. The molecule has 3 aromatic rings. The van der Waals surface area contributed by atoms with Crippen LogP contribution >= 0.6 is 0 Å². The number of benzene rings is 1. The smallest absolute Gasteiger partial charge is 0.360 e. The van der Waals surface area contributed by atoms with E-state index in [1.54, 1.807) is 6.92 Å². The third-order valence-corrected chi connectivity index (χ3v) is 2.73. The number of oxazole rings is 2. The summed E-state index contributed by atoms with van der Waals surface area (Å²) < 4.78 is 15.5. The zero-order valence-corrected chi connectivity index (χ0v) is 11.3. The molecule has 6 heteroatoms. The Morgan fingerprint density at radius 1 is 1.10 bits per heavy atom. The first kappa shape index (κ1) is 13.1. The van der Waals surface area contributed by atoms with Gasteiger partial charge in [0.2, 0.25) is 11.8 Å². The Bertz CT molecular complexity index is 746. The Labute approximate surface area is 120 Å². The first-order valence-electron chi connectivity index (χ1n) is 6.42. The molecule has 0 aliphatic rings. The van der Waals surface area contributed by atoms with E-state index in [0.717, 1.165) is 5.56 Å². The molecule has 6 nitrogen and oxygen atoms in total. The van der Waals surface area contributed by atoms with Gasteiger partial charge in [-0.25, -0.2) is 14.8 Å². The quantitative estimate of drug-likeness (QED) is 0.685. The number of nitrogens with zero attached hydrogens (tertiary/aromatic N) is 2. The summed E-state index contributed by atoms with van der Waals surface area (Å²) in [5, 5.41) is 0. The summed E-state index contributed by atoms with van der Waals surface area (Å²) in [5.41, 5.74) is 1.38. The minimum atomic E-state index is -0.528. The molecule has 21 heavy (non-hydrogen) atoms. The van der Waals surface area contributed by atoms with Gasteiger partial charge in [-0.15, -0.1) is 0 Å². The maximum Gasteiger partial charge on any atom is 0.360 e. The van der Waals surface area contributed by atoms with Gasteiger partial charge in [-0.1, -0.05) is 18.2 Å². The van der Waals surface area contributed by atoms with Crippen molar-refractivity contribution in [2.45, 2.75) is 6.92 Å². The third kappa shape index (κ3) is 2.69. The highest BCUT2D eigenvalue weighted by Crippen LogP contribution is 2.24. The first-order chi connectivity index (χ1) is 10.3. The topological polar surface area (TPSA) is 78.4 Å². The molecule has 0 N–H and O–H groups in total. The number of hydrogen-bond donors (Lipinski definition) is 0. The van der Waals surface area contributed by atoms with Crippen molar-refractivity contribution in [2.75, 3.05) is 6.61 Å². The summed E-state index contributed by atoms with van der Waals surface area (Å²) in [4.78, 5) is 19.9. The molecule has 2 aromatic heterocycles. The van der Waals surface area contributed by atoms with Crippen LogP contribution in [0.15, 0.2) is 51.7 Å². The average molecular weight is 284 g/mol. The van der Waals surface area contributed by atoms with Crippen LogP contribution in [0.3, 0.4) is 0 Å². The summed E-state index contributed by atoms with van der Waals surface area (Å²) in [6.07, 6.45) is 2.67. The Kier molecular flexibility index (Phi) is 3.51. The second-order valence-corrected chi connectivity index (χ2v) is 4.16. The van der Waals surface area contributed by atoms with Crippen LogP contribution < -0.4 is 0 Å². The summed E-state index contributed by atoms with van der Waals surface area (Å²) in [6.45, 7) is 2.01. The Balaban J connectivity index is 1.85. The number of carbonyl (C=O) groups excluding carboxylic acids is 1. The molecule has 0 aliphatic heterocycles. The van der Waals surface area contributed by atoms with Gasteiger partial charge in [-0.2, -0.15) is 0 Å². The number of aromatic nitrogens is 2. The van der Waals surface area contributed by atoms with Crippen LogP contribution in [0.2, 0.25) is 0 Å². The largest absolute Gasteiger partial charge is 0.461 e. The van der Waals surface area contributed by atoms with Crippen molar-refractivity contribution in [1.82, 2.24) is 9.97 Å². The molecule has 2 heterocycles. The fourth-order valence-electron chi connectivity index (χ4n) is 1.78. The predicted octanol–water partition coefficient (Wildman–Crippen LogP) is 3.17. The SMILES string of the molecule is CCOC(=O)c1coc(-c2coc(-c3ccccc3)n2)n1. The van der Waals surface area contributed by atoms with Crippen molar-refractivity contribution in [1.29, 1.82) is 0 Å². The molecule has 0 spiro atoms. The molecular weight excluding hydrogens is 272 g/mol. The summed E-state index contributed by atoms with van der Waals surface area (Å²) in [7, 11) is 0. The minimum Gasteiger partial charge on any atom is -0.461 e. The maximum atomic E-state index is 11.5. The van der Waals surface area contributed by atoms with Crippen LogP contribution in [0.4, 0.5) is 0 Å². The van der Waals surface area contributed by atoms with E-state index < -0.39 is 5.97 Å². The average Bonchev–Trinajstić information content (AvgIpc) is 3.17. The fraction of sp³-hybridized carbons (Fsp3) is 0.133. The van der Waals surface area contributed by atoms with E-state index in [4.69, 9.17) is 13.6 Å². The van der Waals surface area contributed by atoms with Crippen molar-refractivity contribution < 1.29 is 18.4 Å². The fourth-order valence-corrected chi connectivity index (χ4v) is 1.78. The standard InChI is InChI=1S/C15H12N2O4/c1-2-19-15(18)12-9-21-14(17-12)11-8-20-13(16-11)10-6-4-3-5-7-10/h3-9H,2H2,1H3. The molecule has 0 atom stereocenters. The van der Waals surface area contributed by atoms with E-state index in [9.17, 15) is 4.79 Å². The lowest BCUT2D eigenvalue weighted by Crippen LogP contribution is -2.04. The Hall–Kier alpha value is -2.89. The van der Waals surface area contributed by atoms with E-state index in [0.29, 0.717) is 11.6 Å². The van der Waals surface area contributed by atoms with Gasteiger partial charge >= 0.3 is 5.97 Å². The maximum absolute atomic E-state index is 11.5. The predicted molar refractivity (Wildman–Crippen MR) is 73.4 cm³/mol. The molecule has 0 bridgehead atoms. The lowest BCUT2D eigenvalue weighted by atomic mass is 10.2. The molecule has 0 saturated carbocycles. The number of rotatable bonds is 4. The van der Waals surface area contributed by atoms with Gasteiger partial charge < -0.3 is 13.6 Å². The van der Waals surface area contributed by atoms with Gasteiger partial charge in [0.25, 0.3) is 0 Å². The minimum absolute atomic E-state index is 0.108. The lowest BCUT2D eigenvalue weighted by molar-refractivity contribution is 0.0519. The van der Waals surface area contributed by atoms with Crippen molar-refractivity contribution >= 4 is 5.97 Å². The zero-order valence-electron chi connectivity index (χ0n) is 11.3. The summed E-state index contributed by atoms with van der Waals surface area (Å²) in [5.74, 6) is 0.143. The molecule has 0 unspecified atom stereocenters. The second-order valence-electron chi connectivity index (χ2n) is 4.16. The van der Waals surface area contributed by atoms with Gasteiger partial charge in [0.15, 0.2) is 11.4 Å². The van der Waals surface area contributed by atoms with E-state index in [1.807, 2.05) is 30.3 Å². The molecule has 0 radical (unpaired) electrons. The summed E-state index contributed by atoms with van der Waals surface area (Å²) >= 11 is 0. The van der Waals surface area contributed by atoms with Crippen LogP contribution in [0.1, 0.15) is 17.4 Å². The van der Waals surface area contributed by atoms with Gasteiger partial charge in [0, 0.05) is 5.56 Å². The first-order valence-corrected chi connectivity index (χ1v) is 6.42. The monoisotopic (exact) mass is 284 g/mol. The molecule has 0 fully saturated rings. The second kappa shape index (κ2) is 5.62. The van der Waals surface area contributed by atoms with E-state index in [1.165, 1.54) is 12.5 Å². The molecule has 1 aromatic carbocycles. The number of hydrogen-bond acceptors (Lipinski definition) is 6. The lowest BCUT2D eigenvalue weighted by Gasteiger charge is -1.94. The number of carbonyl (C=O) groups is 1. The van der Waals surface area contributed by atoms with E-state index in [-0.39, 0.29) is 18.2 Å². The van der Waals surface area contributed by atoms with Gasteiger partial charge in [0.05, 0.1) is 6.61 Å². The van der Waals surface area contributed by atoms with Crippen molar-refractivity contribution in [3.63, 3.8) is 0 Å². The third-order valence-electron chi connectivity index (χ3n) is 2.73. The van der Waals surface area contributed by atoms with Crippen molar-refractivity contribution in [3.8, 4) is 23.0 Å². The Morgan fingerprint density at radius 3 is 2.62 bits per heavy atom. The molecule has 0 amide bonds. The molecule has 0 saturated heterocycles. The van der Waals surface area contributed by atoms with Gasteiger partial charge in [-0.05, 0) is 19.1 Å². The van der Waals surface area contributed by atoms with Crippen molar-refractivity contribution in [3.05, 3.63) is 48.6 Å². The van der Waals surface area contributed by atoms with Crippen LogP contribution in [0, 0.1) is 0 Å². The number of ether oxygens (including phenoxy) is 1. The van der Waals surface area contributed by atoms with Gasteiger partial charge in [-0.3, -0.25) is 0 Å². The highest BCUT2D eigenvalue weighted by molar-refractivity contribution is 5.87. The summed E-state index contributed by atoms with van der Waals surface area (Å²) in [6, 6.07) is 9.46.